The quantitative estimate of drug-likeness (QED) is 0.369. The molecule has 1 aromatic heterocycles. The summed E-state index contributed by atoms with van der Waals surface area (Å²) in [5.74, 6) is 1.93. The van der Waals surface area contributed by atoms with Gasteiger partial charge in [-0.2, -0.15) is 9.59 Å². The average molecular weight is 471 g/mol. The van der Waals surface area contributed by atoms with Crippen molar-refractivity contribution in [1.82, 2.24) is 14.9 Å². The number of carbonyl (C=O) groups excluding carboxylic acids is 2. The highest BCUT2D eigenvalue weighted by Gasteiger charge is 2.25. The summed E-state index contributed by atoms with van der Waals surface area (Å²) in [6.45, 7) is 6.87. The Morgan fingerprint density at radius 3 is 2.49 bits per heavy atom. The molecule has 182 valence electrons. The molecule has 2 heterocycles. The van der Waals surface area contributed by atoms with E-state index in [0.717, 1.165) is 43.9 Å². The lowest BCUT2D eigenvalue weighted by atomic mass is 10.0. The van der Waals surface area contributed by atoms with E-state index in [-0.39, 0.29) is 6.15 Å². The Balaban J connectivity index is 0.000000917. The molecule has 0 atom stereocenters. The maximum Gasteiger partial charge on any atom is 0.373 e. The summed E-state index contributed by atoms with van der Waals surface area (Å²) in [6.07, 6.45) is 8.24. The van der Waals surface area contributed by atoms with Gasteiger partial charge in [-0.25, -0.2) is 9.97 Å². The molecule has 1 aliphatic carbocycles. The number of rotatable bonds is 8. The standard InChI is InChI=1S/C28H34N4.CO2/c1-2-21-12-13-24-23(18-21)20-25-27(24)28(29-14-9-17-32-15-7-4-8-16-32)31-26(30-25)19-22-10-5-3-6-11-22;2-1-3/h3,5-6,10-13,18H,2,4,7-9,14-17,19-20H2,1H3,(H,29,30,31);. The van der Waals surface area contributed by atoms with Crippen LogP contribution in [0.3, 0.4) is 0 Å². The molecule has 6 heteroatoms. The molecule has 5 rings (SSSR count). The molecule has 0 bridgehead atoms. The highest BCUT2D eigenvalue weighted by Crippen LogP contribution is 2.40. The molecule has 0 unspecified atom stereocenters. The molecule has 6 nitrogen and oxygen atoms in total. The Morgan fingerprint density at radius 1 is 0.971 bits per heavy atom. The predicted molar refractivity (Wildman–Crippen MR) is 137 cm³/mol. The summed E-state index contributed by atoms with van der Waals surface area (Å²) in [4.78, 5) is 28.9. The molecular formula is C29H34N4O2. The van der Waals surface area contributed by atoms with Crippen LogP contribution >= 0.6 is 0 Å². The molecule has 0 spiro atoms. The molecule has 0 saturated carbocycles. The first-order valence-electron chi connectivity index (χ1n) is 12.7. The first kappa shape index (κ1) is 24.8. The van der Waals surface area contributed by atoms with Gasteiger partial charge in [0.15, 0.2) is 0 Å². The van der Waals surface area contributed by atoms with Crippen molar-refractivity contribution in [3.05, 3.63) is 76.7 Å². The number of fused-ring (bicyclic) bond motifs is 3. The molecule has 2 aromatic carbocycles. The second-order valence-electron chi connectivity index (χ2n) is 9.26. The van der Waals surface area contributed by atoms with Crippen molar-refractivity contribution in [3.8, 4) is 11.1 Å². The van der Waals surface area contributed by atoms with Gasteiger partial charge in [-0.1, -0.05) is 61.9 Å². The van der Waals surface area contributed by atoms with Crippen LogP contribution in [-0.2, 0) is 28.9 Å². The number of benzene rings is 2. The number of piperidine rings is 1. The minimum Gasteiger partial charge on any atom is -0.369 e. The van der Waals surface area contributed by atoms with Crippen LogP contribution in [0, 0.1) is 0 Å². The Bertz CT molecular complexity index is 1150. The number of hydrogen-bond donors (Lipinski definition) is 1. The lowest BCUT2D eigenvalue weighted by molar-refractivity contribution is -0.191. The Labute approximate surface area is 207 Å². The number of likely N-dealkylation sites (tertiary alicyclic amines) is 1. The van der Waals surface area contributed by atoms with Crippen molar-refractivity contribution in [2.75, 3.05) is 31.5 Å². The molecule has 1 fully saturated rings. The lowest BCUT2D eigenvalue weighted by Crippen LogP contribution is -2.31. The second kappa shape index (κ2) is 12.4. The third kappa shape index (κ3) is 6.41. The molecule has 3 aromatic rings. The van der Waals surface area contributed by atoms with Crippen molar-refractivity contribution < 1.29 is 9.59 Å². The van der Waals surface area contributed by atoms with Gasteiger partial charge in [-0.15, -0.1) is 0 Å². The zero-order chi connectivity index (χ0) is 24.5. The van der Waals surface area contributed by atoms with Gasteiger partial charge < -0.3 is 10.2 Å². The van der Waals surface area contributed by atoms with E-state index in [0.29, 0.717) is 0 Å². The number of hydrogen-bond acceptors (Lipinski definition) is 6. The normalized spacial score (nSPS) is 14.3. The summed E-state index contributed by atoms with van der Waals surface area (Å²) in [5.41, 5.74) is 7.74. The van der Waals surface area contributed by atoms with E-state index in [2.05, 4.69) is 65.7 Å². The van der Waals surface area contributed by atoms with Gasteiger partial charge in [0, 0.05) is 24.9 Å². The number of anilines is 1. The van der Waals surface area contributed by atoms with Crippen molar-refractivity contribution in [2.45, 2.75) is 51.9 Å². The molecule has 0 amide bonds. The molecule has 1 saturated heterocycles. The fourth-order valence-electron chi connectivity index (χ4n) is 5.08. The molecule has 1 N–H and O–H groups in total. The lowest BCUT2D eigenvalue weighted by Gasteiger charge is -2.26. The Kier molecular flexibility index (Phi) is 8.77. The largest absolute Gasteiger partial charge is 0.373 e. The first-order valence-corrected chi connectivity index (χ1v) is 12.7. The summed E-state index contributed by atoms with van der Waals surface area (Å²) in [5, 5.41) is 3.70. The van der Waals surface area contributed by atoms with E-state index < -0.39 is 0 Å². The van der Waals surface area contributed by atoms with Gasteiger partial charge in [-0.05, 0) is 67.6 Å². The van der Waals surface area contributed by atoms with Crippen molar-refractivity contribution in [3.63, 3.8) is 0 Å². The monoisotopic (exact) mass is 470 g/mol. The predicted octanol–water partition coefficient (Wildman–Crippen LogP) is 4.91. The smallest absolute Gasteiger partial charge is 0.369 e. The van der Waals surface area contributed by atoms with E-state index in [9.17, 15) is 0 Å². The minimum absolute atomic E-state index is 0.250. The summed E-state index contributed by atoms with van der Waals surface area (Å²) in [7, 11) is 0. The topological polar surface area (TPSA) is 75.2 Å². The molecule has 2 aliphatic rings. The average Bonchev–Trinajstić information content (AvgIpc) is 3.26. The highest BCUT2D eigenvalue weighted by molar-refractivity contribution is 5.84. The fourth-order valence-corrected chi connectivity index (χ4v) is 5.08. The Morgan fingerprint density at radius 2 is 1.74 bits per heavy atom. The number of nitrogens with one attached hydrogen (secondary N) is 1. The van der Waals surface area contributed by atoms with Crippen molar-refractivity contribution >= 4 is 12.0 Å². The van der Waals surface area contributed by atoms with E-state index in [1.807, 2.05) is 0 Å². The molecule has 35 heavy (non-hydrogen) atoms. The SMILES string of the molecule is CCc1ccc2c(c1)Cc1nc(Cc3ccccc3)nc(NCCCN3CCCCC3)c1-2.O=C=O. The number of aromatic nitrogens is 2. The molecule has 0 radical (unpaired) electrons. The van der Waals surface area contributed by atoms with E-state index in [1.54, 1.807) is 0 Å². The minimum atomic E-state index is 0.250. The third-order valence-electron chi connectivity index (χ3n) is 6.83. The van der Waals surface area contributed by atoms with Crippen LogP contribution < -0.4 is 5.32 Å². The van der Waals surface area contributed by atoms with Crippen LogP contribution in [0.2, 0.25) is 0 Å². The van der Waals surface area contributed by atoms with Gasteiger partial charge in [0.2, 0.25) is 0 Å². The molecule has 1 aliphatic heterocycles. The first-order chi connectivity index (χ1) is 17.2. The maximum atomic E-state index is 8.12. The fraction of sp³-hybridized carbons (Fsp3) is 0.414. The Hall–Kier alpha value is -3.34. The highest BCUT2D eigenvalue weighted by atomic mass is 16.2. The van der Waals surface area contributed by atoms with Gasteiger partial charge in [0.05, 0.1) is 5.69 Å². The van der Waals surface area contributed by atoms with Crippen LogP contribution in [-0.4, -0.2) is 47.2 Å². The van der Waals surface area contributed by atoms with Crippen molar-refractivity contribution in [2.24, 2.45) is 0 Å². The summed E-state index contributed by atoms with van der Waals surface area (Å²) in [6, 6.07) is 17.4. The summed E-state index contributed by atoms with van der Waals surface area (Å²) < 4.78 is 0. The second-order valence-corrected chi connectivity index (χ2v) is 9.26. The van der Waals surface area contributed by atoms with Crippen LogP contribution in [0.5, 0.6) is 0 Å². The maximum absolute atomic E-state index is 8.12. The van der Waals surface area contributed by atoms with Gasteiger partial charge in [0.25, 0.3) is 0 Å². The van der Waals surface area contributed by atoms with Gasteiger partial charge >= 0.3 is 6.15 Å². The van der Waals surface area contributed by atoms with Crippen LogP contribution in [0.1, 0.15) is 60.8 Å². The van der Waals surface area contributed by atoms with Gasteiger partial charge in [0.1, 0.15) is 11.6 Å². The number of nitrogens with zero attached hydrogens (tertiary/aromatic N) is 3. The summed E-state index contributed by atoms with van der Waals surface area (Å²) >= 11 is 0. The number of aryl methyl sites for hydroxylation is 1. The van der Waals surface area contributed by atoms with E-state index in [4.69, 9.17) is 19.6 Å². The van der Waals surface area contributed by atoms with E-state index >= 15 is 0 Å². The third-order valence-corrected chi connectivity index (χ3v) is 6.83. The van der Waals surface area contributed by atoms with Crippen molar-refractivity contribution in [1.29, 1.82) is 0 Å². The van der Waals surface area contributed by atoms with Crippen LogP contribution in [0.25, 0.3) is 11.1 Å². The zero-order valence-corrected chi connectivity index (χ0v) is 20.6. The van der Waals surface area contributed by atoms with Crippen LogP contribution in [0.15, 0.2) is 48.5 Å². The zero-order valence-electron chi connectivity index (χ0n) is 20.6. The van der Waals surface area contributed by atoms with E-state index in [1.165, 1.54) is 72.4 Å². The van der Waals surface area contributed by atoms with Crippen LogP contribution in [0.4, 0.5) is 5.82 Å². The van der Waals surface area contributed by atoms with Gasteiger partial charge in [-0.3, -0.25) is 0 Å². The molecular weight excluding hydrogens is 436 g/mol.